The molecule has 0 spiro atoms. The normalized spacial score (nSPS) is 10.5. The smallest absolute Gasteiger partial charge is 0.355 e. The second-order valence-corrected chi connectivity index (χ2v) is 6.17. The van der Waals surface area contributed by atoms with Gasteiger partial charge in [0.1, 0.15) is 5.69 Å². The number of esters is 1. The maximum Gasteiger partial charge on any atom is 0.355 e. The van der Waals surface area contributed by atoms with Gasteiger partial charge in [-0.3, -0.25) is 3.97 Å². The topological polar surface area (TPSA) is 57.0 Å². The molecule has 0 unspecified atom stereocenters. The lowest BCUT2D eigenvalue weighted by Crippen LogP contribution is -2.04. The van der Waals surface area contributed by atoms with Crippen molar-refractivity contribution in [3.05, 3.63) is 33.9 Å². The van der Waals surface area contributed by atoms with Crippen LogP contribution in [0.3, 0.4) is 0 Å². The van der Waals surface area contributed by atoms with E-state index in [1.54, 1.807) is 16.2 Å². The fourth-order valence-electron chi connectivity index (χ4n) is 1.43. The number of rotatable bonds is 3. The molecule has 2 aromatic rings. The first-order chi connectivity index (χ1) is 9.06. The number of nitrogens with zero attached hydrogens (tertiary/aromatic N) is 3. The third-order valence-electron chi connectivity index (χ3n) is 2.24. The molecule has 0 amide bonds. The van der Waals surface area contributed by atoms with Crippen molar-refractivity contribution in [3.8, 4) is 11.3 Å². The molecule has 19 heavy (non-hydrogen) atoms. The van der Waals surface area contributed by atoms with Gasteiger partial charge in [-0.25, -0.2) is 14.8 Å². The molecule has 0 atom stereocenters. The van der Waals surface area contributed by atoms with E-state index < -0.39 is 5.97 Å². The number of methoxy groups -OCH3 is 1. The van der Waals surface area contributed by atoms with Gasteiger partial charge in [-0.05, 0) is 22.0 Å². The Labute approximate surface area is 138 Å². The Morgan fingerprint density at radius 2 is 2.37 bits per heavy atom. The zero-order chi connectivity index (χ0) is 14.0. The van der Waals surface area contributed by atoms with Crippen molar-refractivity contribution >= 4 is 63.8 Å². The highest BCUT2D eigenvalue weighted by Gasteiger charge is 2.17. The Bertz CT molecular complexity index is 637. The van der Waals surface area contributed by atoms with E-state index in [1.807, 2.05) is 0 Å². The monoisotopic (exact) mass is 473 g/mol. The third-order valence-corrected chi connectivity index (χ3v) is 4.63. The van der Waals surface area contributed by atoms with Crippen molar-refractivity contribution in [1.29, 1.82) is 0 Å². The molecule has 0 aliphatic rings. The highest BCUT2D eigenvalue weighted by molar-refractivity contribution is 14.2. The van der Waals surface area contributed by atoms with Crippen LogP contribution in [0.2, 0.25) is 5.02 Å². The summed E-state index contributed by atoms with van der Waals surface area (Å²) >= 11 is 11.3. The van der Waals surface area contributed by atoms with Crippen molar-refractivity contribution in [2.45, 2.75) is 0 Å². The Morgan fingerprint density at radius 3 is 3.00 bits per heavy atom. The molecule has 5 nitrogen and oxygen atoms in total. The van der Waals surface area contributed by atoms with Crippen LogP contribution in [0.15, 0.2) is 23.2 Å². The molecular formula is C10H6BrClIN3O2S. The molecule has 0 aliphatic heterocycles. The molecule has 0 saturated heterocycles. The van der Waals surface area contributed by atoms with Crippen molar-refractivity contribution in [1.82, 2.24) is 13.9 Å². The van der Waals surface area contributed by atoms with Gasteiger partial charge in [0, 0.05) is 42.1 Å². The highest BCUT2D eigenvalue weighted by atomic mass is 127. The predicted octanol–water partition coefficient (Wildman–Crippen LogP) is 3.99. The number of aromatic nitrogens is 3. The van der Waals surface area contributed by atoms with Crippen LogP contribution in [0.4, 0.5) is 0 Å². The van der Waals surface area contributed by atoms with Crippen molar-refractivity contribution < 1.29 is 9.53 Å². The van der Waals surface area contributed by atoms with Crippen LogP contribution in [-0.2, 0) is 4.74 Å². The van der Waals surface area contributed by atoms with E-state index in [2.05, 4.69) is 47.1 Å². The summed E-state index contributed by atoms with van der Waals surface area (Å²) in [4.78, 5) is 19.8. The first-order valence-corrected chi connectivity index (χ1v) is 9.33. The summed E-state index contributed by atoms with van der Waals surface area (Å²) in [6.45, 7) is 0. The number of carbonyl (C=O) groups is 1. The number of ether oxygens (including phenoxy) is 1. The minimum absolute atomic E-state index is 0.412. The van der Waals surface area contributed by atoms with Crippen LogP contribution in [0.1, 0.15) is 10.5 Å². The molecule has 100 valence electrons. The largest absolute Gasteiger partial charge is 0.464 e. The predicted molar refractivity (Wildman–Crippen MR) is 86.5 cm³/mol. The average molecular weight is 475 g/mol. The van der Waals surface area contributed by atoms with Crippen LogP contribution in [0.5, 0.6) is 0 Å². The molecule has 0 bridgehead atoms. The van der Waals surface area contributed by atoms with Crippen molar-refractivity contribution in [2.24, 2.45) is 0 Å². The molecule has 2 aromatic heterocycles. The van der Waals surface area contributed by atoms with Gasteiger partial charge in [-0.1, -0.05) is 11.6 Å². The molecule has 2 rings (SSSR count). The first kappa shape index (κ1) is 15.1. The number of carbonyl (C=O) groups excluding carboxylic acids is 1. The highest BCUT2D eigenvalue weighted by Crippen LogP contribution is 2.31. The van der Waals surface area contributed by atoms with Gasteiger partial charge in [-0.2, -0.15) is 0 Å². The van der Waals surface area contributed by atoms with E-state index in [0.29, 0.717) is 21.1 Å². The maximum absolute atomic E-state index is 11.7. The van der Waals surface area contributed by atoms with E-state index in [9.17, 15) is 4.79 Å². The molecule has 9 heteroatoms. The van der Waals surface area contributed by atoms with E-state index >= 15 is 0 Å². The second kappa shape index (κ2) is 6.42. The molecule has 0 N–H and O–H groups in total. The summed E-state index contributed by atoms with van der Waals surface area (Å²) in [7, 11) is 2.69. The molecule has 0 radical (unpaired) electrons. The lowest BCUT2D eigenvalue weighted by atomic mass is 10.2. The summed E-state index contributed by atoms with van der Waals surface area (Å²) in [5.74, 6) is -0.417. The minimum atomic E-state index is -0.417. The summed E-state index contributed by atoms with van der Waals surface area (Å²) in [5, 5.41) is 0.412. The molecule has 0 fully saturated rings. The van der Waals surface area contributed by atoms with Gasteiger partial charge in [0.15, 0.2) is 4.73 Å². The second-order valence-electron chi connectivity index (χ2n) is 3.34. The Kier molecular flexibility index (Phi) is 5.09. The molecular weight excluding hydrogens is 468 g/mol. The summed E-state index contributed by atoms with van der Waals surface area (Å²) in [6.07, 6.45) is 3.27. The number of halogens is 3. The van der Waals surface area contributed by atoms with Gasteiger partial charge < -0.3 is 4.74 Å². The Hall–Kier alpha value is -0.320. The van der Waals surface area contributed by atoms with Gasteiger partial charge in [0.05, 0.1) is 24.0 Å². The van der Waals surface area contributed by atoms with E-state index in [0.717, 1.165) is 5.56 Å². The average Bonchev–Trinajstić information content (AvgIpc) is 2.84. The molecule has 0 saturated carbocycles. The molecule has 2 heterocycles. The zero-order valence-electron chi connectivity index (χ0n) is 9.43. The lowest BCUT2D eigenvalue weighted by molar-refractivity contribution is 0.0593. The van der Waals surface area contributed by atoms with Crippen molar-refractivity contribution in [3.63, 3.8) is 0 Å². The number of hydrogen-bond donors (Lipinski definition) is 0. The van der Waals surface area contributed by atoms with Crippen LogP contribution in [0.25, 0.3) is 11.3 Å². The van der Waals surface area contributed by atoms with Crippen LogP contribution < -0.4 is 0 Å². The summed E-state index contributed by atoms with van der Waals surface area (Å²) in [6, 6.07) is 1.68. The van der Waals surface area contributed by atoms with Gasteiger partial charge >= 0.3 is 5.97 Å². The van der Waals surface area contributed by atoms with E-state index in [4.69, 9.17) is 16.3 Å². The van der Waals surface area contributed by atoms with Crippen LogP contribution in [-0.4, -0.2) is 27.0 Å². The Balaban J connectivity index is 2.54. The minimum Gasteiger partial charge on any atom is -0.464 e. The Morgan fingerprint density at radius 1 is 1.63 bits per heavy atom. The quantitative estimate of drug-likeness (QED) is 0.383. The van der Waals surface area contributed by atoms with Gasteiger partial charge in [0.2, 0.25) is 0 Å². The fourth-order valence-corrected chi connectivity index (χ4v) is 3.24. The lowest BCUT2D eigenvalue weighted by Gasteiger charge is -2.00. The van der Waals surface area contributed by atoms with Crippen LogP contribution >= 0.6 is 57.9 Å². The SMILES string of the molecule is COC(=O)c1cc(-c2nc(Br)ncc2Cl)cn1SI. The van der Waals surface area contributed by atoms with Crippen molar-refractivity contribution in [2.75, 3.05) is 7.11 Å². The van der Waals surface area contributed by atoms with Gasteiger partial charge in [-0.15, -0.1) is 0 Å². The molecule has 0 aromatic carbocycles. The summed E-state index contributed by atoms with van der Waals surface area (Å²) < 4.78 is 6.85. The fraction of sp³-hybridized carbons (Fsp3) is 0.100. The number of hydrogen-bond acceptors (Lipinski definition) is 5. The standard InChI is InChI=1S/C10H6BrClIN3O2S/c1-18-9(17)7-2-5(4-16(7)19-13)8-6(12)3-14-10(11)15-8/h2-4H,1H3. The van der Waals surface area contributed by atoms with Crippen LogP contribution in [0, 0.1) is 0 Å². The van der Waals surface area contributed by atoms with Gasteiger partial charge in [0.25, 0.3) is 0 Å². The summed E-state index contributed by atoms with van der Waals surface area (Å²) in [5.41, 5.74) is 1.69. The first-order valence-electron chi connectivity index (χ1n) is 4.85. The molecule has 0 aliphatic carbocycles. The third kappa shape index (κ3) is 3.23. The maximum atomic E-state index is 11.7. The van der Waals surface area contributed by atoms with E-state index in [1.165, 1.54) is 22.4 Å². The zero-order valence-corrected chi connectivity index (χ0v) is 14.7. The van der Waals surface area contributed by atoms with E-state index in [-0.39, 0.29) is 0 Å².